The minimum absolute atomic E-state index is 0.0781. The molecule has 0 saturated carbocycles. The summed E-state index contributed by atoms with van der Waals surface area (Å²) < 4.78 is 0. The molecule has 1 aliphatic heterocycles. The average molecular weight is 443 g/mol. The first-order chi connectivity index (χ1) is 16.6. The van der Waals surface area contributed by atoms with E-state index in [0.717, 1.165) is 44.4 Å². The van der Waals surface area contributed by atoms with Crippen LogP contribution in [-0.4, -0.2) is 15.8 Å². The monoisotopic (exact) mass is 442 g/mol. The summed E-state index contributed by atoms with van der Waals surface area (Å²) in [5, 5.41) is 1.15. The van der Waals surface area contributed by atoms with Crippen molar-refractivity contribution in [3.05, 3.63) is 131 Å². The molecule has 2 atom stereocenters. The number of nitrogens with zero attached hydrogens (tertiary/aromatic N) is 1. The van der Waals surface area contributed by atoms with Crippen LogP contribution < -0.4 is 0 Å². The van der Waals surface area contributed by atoms with Gasteiger partial charge in [-0.1, -0.05) is 96.6 Å². The van der Waals surface area contributed by atoms with Gasteiger partial charge in [-0.15, -0.1) is 0 Å². The number of carbonyl (C=O) groups excluding carboxylic acids is 1. The van der Waals surface area contributed by atoms with Gasteiger partial charge >= 0.3 is 0 Å². The molecule has 0 spiro atoms. The third-order valence-corrected chi connectivity index (χ3v) is 7.06. The van der Waals surface area contributed by atoms with E-state index in [9.17, 15) is 4.79 Å². The van der Waals surface area contributed by atoms with Crippen molar-refractivity contribution in [3.8, 4) is 11.3 Å². The second-order valence-corrected chi connectivity index (χ2v) is 9.11. The zero-order valence-electron chi connectivity index (χ0n) is 19.3. The van der Waals surface area contributed by atoms with E-state index in [2.05, 4.69) is 90.5 Å². The van der Waals surface area contributed by atoms with Crippen LogP contribution in [0.2, 0.25) is 0 Å². The Morgan fingerprint density at radius 3 is 2.26 bits per heavy atom. The summed E-state index contributed by atoms with van der Waals surface area (Å²) in [6.07, 6.45) is 0. The second-order valence-electron chi connectivity index (χ2n) is 9.11. The van der Waals surface area contributed by atoms with E-state index in [1.54, 1.807) is 0 Å². The molecule has 1 aliphatic rings. The van der Waals surface area contributed by atoms with Crippen molar-refractivity contribution in [2.45, 2.75) is 25.9 Å². The molecule has 1 N–H and O–H groups in total. The van der Waals surface area contributed by atoms with Crippen LogP contribution in [0.1, 0.15) is 51.6 Å². The number of fused-ring (bicyclic) bond motifs is 2. The summed E-state index contributed by atoms with van der Waals surface area (Å²) in [5.41, 5.74) is 8.64. The fraction of sp³-hybridized carbons (Fsp3) is 0.129. The highest BCUT2D eigenvalue weighted by molar-refractivity contribution is 6.02. The van der Waals surface area contributed by atoms with E-state index in [-0.39, 0.29) is 18.0 Å². The van der Waals surface area contributed by atoms with Crippen molar-refractivity contribution in [1.29, 1.82) is 0 Å². The fourth-order valence-corrected chi connectivity index (χ4v) is 5.32. The summed E-state index contributed by atoms with van der Waals surface area (Å²) in [5.74, 6) is 0.0806. The smallest absolute Gasteiger partial charge is 0.255 e. The van der Waals surface area contributed by atoms with Crippen LogP contribution in [-0.2, 0) is 0 Å². The van der Waals surface area contributed by atoms with Crippen LogP contribution in [0.3, 0.4) is 0 Å². The molecular formula is C31H26N2O. The molecule has 5 aromatic rings. The summed E-state index contributed by atoms with van der Waals surface area (Å²) >= 11 is 0. The maximum Gasteiger partial charge on any atom is 0.255 e. The zero-order chi connectivity index (χ0) is 23.2. The number of hydrogen-bond donors (Lipinski definition) is 1. The summed E-state index contributed by atoms with van der Waals surface area (Å²) in [6.45, 7) is 4.23. The van der Waals surface area contributed by atoms with E-state index in [1.165, 1.54) is 5.56 Å². The number of amides is 1. The molecule has 1 amide bonds. The fourth-order valence-electron chi connectivity index (χ4n) is 5.32. The Morgan fingerprint density at radius 1 is 0.794 bits per heavy atom. The number of hydrogen-bond acceptors (Lipinski definition) is 1. The van der Waals surface area contributed by atoms with Crippen LogP contribution in [0.4, 0.5) is 0 Å². The van der Waals surface area contributed by atoms with Gasteiger partial charge < -0.3 is 9.88 Å². The Kier molecular flexibility index (Phi) is 4.84. The van der Waals surface area contributed by atoms with Crippen molar-refractivity contribution < 1.29 is 4.79 Å². The Balaban J connectivity index is 1.62. The van der Waals surface area contributed by atoms with Gasteiger partial charge in [0.05, 0.1) is 17.8 Å². The molecule has 0 fully saturated rings. The number of aromatic nitrogens is 1. The van der Waals surface area contributed by atoms with Gasteiger partial charge in [0.1, 0.15) is 0 Å². The molecule has 0 unspecified atom stereocenters. The van der Waals surface area contributed by atoms with Gasteiger partial charge in [-0.3, -0.25) is 4.79 Å². The number of carbonyl (C=O) groups is 1. The molecule has 0 saturated heterocycles. The lowest BCUT2D eigenvalue weighted by Crippen LogP contribution is -2.31. The number of nitrogens with one attached hydrogen (secondary N) is 1. The van der Waals surface area contributed by atoms with Gasteiger partial charge in [0.2, 0.25) is 0 Å². The third kappa shape index (κ3) is 3.16. The molecule has 2 heterocycles. The van der Waals surface area contributed by atoms with Crippen molar-refractivity contribution in [2.75, 3.05) is 0 Å². The predicted octanol–water partition coefficient (Wildman–Crippen LogP) is 7.45. The first-order valence-corrected chi connectivity index (χ1v) is 11.8. The second kappa shape index (κ2) is 8.03. The number of benzene rings is 4. The number of para-hydroxylation sites is 1. The lowest BCUT2D eigenvalue weighted by Gasteiger charge is -2.32. The van der Waals surface area contributed by atoms with Crippen LogP contribution in [0, 0.1) is 6.92 Å². The van der Waals surface area contributed by atoms with Crippen LogP contribution in [0.5, 0.6) is 0 Å². The van der Waals surface area contributed by atoms with Crippen molar-refractivity contribution in [3.63, 3.8) is 0 Å². The number of rotatable bonds is 4. The van der Waals surface area contributed by atoms with Crippen LogP contribution >= 0.6 is 0 Å². The minimum Gasteiger partial charge on any atom is -0.354 e. The molecule has 0 radical (unpaired) electrons. The number of aryl methyl sites for hydroxylation is 1. The lowest BCUT2D eigenvalue weighted by molar-refractivity contribution is 0.0678. The largest absolute Gasteiger partial charge is 0.354 e. The van der Waals surface area contributed by atoms with Crippen molar-refractivity contribution in [2.24, 2.45) is 0 Å². The van der Waals surface area contributed by atoms with Gasteiger partial charge in [0, 0.05) is 22.0 Å². The first-order valence-electron chi connectivity index (χ1n) is 11.8. The van der Waals surface area contributed by atoms with E-state index in [0.29, 0.717) is 0 Å². The molecule has 0 bridgehead atoms. The number of H-pyrrole nitrogens is 1. The van der Waals surface area contributed by atoms with Gasteiger partial charge in [-0.25, -0.2) is 0 Å². The van der Waals surface area contributed by atoms with E-state index in [4.69, 9.17) is 0 Å². The Hall–Kier alpha value is -4.11. The maximum absolute atomic E-state index is 13.9. The molecule has 1 aromatic heterocycles. The maximum atomic E-state index is 13.9. The minimum atomic E-state index is -0.189. The van der Waals surface area contributed by atoms with E-state index < -0.39 is 0 Å². The lowest BCUT2D eigenvalue weighted by atomic mass is 9.92. The predicted molar refractivity (Wildman–Crippen MR) is 138 cm³/mol. The Morgan fingerprint density at radius 2 is 1.47 bits per heavy atom. The van der Waals surface area contributed by atoms with Gasteiger partial charge in [-0.2, -0.15) is 0 Å². The molecule has 3 nitrogen and oxygen atoms in total. The quantitative estimate of drug-likeness (QED) is 0.308. The van der Waals surface area contributed by atoms with E-state index >= 15 is 0 Å². The standard InChI is InChI=1S/C31H26N2O/c1-20-16-18-23(19-17-20)29-28(26-14-8-9-15-27(26)32-29)30-24-12-6-7-13-25(24)31(34)33(30)21(2)22-10-4-3-5-11-22/h3-19,21,30,32H,1-2H3/t21-,30+/m0/s1. The Bertz CT molecular complexity index is 1500. The van der Waals surface area contributed by atoms with E-state index in [1.807, 2.05) is 36.4 Å². The summed E-state index contributed by atoms with van der Waals surface area (Å²) in [6, 6.07) is 35.1. The molecular weight excluding hydrogens is 416 g/mol. The van der Waals surface area contributed by atoms with Gasteiger partial charge in [-0.05, 0) is 42.7 Å². The molecule has 0 aliphatic carbocycles. The van der Waals surface area contributed by atoms with Gasteiger partial charge in [0.25, 0.3) is 5.91 Å². The van der Waals surface area contributed by atoms with Crippen molar-refractivity contribution in [1.82, 2.24) is 9.88 Å². The average Bonchev–Trinajstić information content (AvgIpc) is 3.40. The highest BCUT2D eigenvalue weighted by Gasteiger charge is 2.42. The molecule has 3 heteroatoms. The van der Waals surface area contributed by atoms with Gasteiger partial charge in [0.15, 0.2) is 0 Å². The number of aromatic amines is 1. The van der Waals surface area contributed by atoms with Crippen LogP contribution in [0.25, 0.3) is 22.2 Å². The SMILES string of the molecule is Cc1ccc(-c2[nH]c3ccccc3c2[C@H]2c3ccccc3C(=O)N2[C@@H](C)c2ccccc2)cc1. The first kappa shape index (κ1) is 20.5. The normalized spacial score (nSPS) is 16.1. The molecule has 166 valence electrons. The molecule has 6 rings (SSSR count). The van der Waals surface area contributed by atoms with Crippen LogP contribution in [0.15, 0.2) is 103 Å². The Labute approximate surface area is 199 Å². The highest BCUT2D eigenvalue weighted by atomic mass is 16.2. The third-order valence-electron chi connectivity index (χ3n) is 7.06. The van der Waals surface area contributed by atoms with Crippen molar-refractivity contribution >= 4 is 16.8 Å². The molecule has 4 aromatic carbocycles. The highest BCUT2D eigenvalue weighted by Crippen LogP contribution is 2.48. The summed E-state index contributed by atoms with van der Waals surface area (Å²) in [4.78, 5) is 19.6. The topological polar surface area (TPSA) is 36.1 Å². The summed E-state index contributed by atoms with van der Waals surface area (Å²) in [7, 11) is 0. The zero-order valence-corrected chi connectivity index (χ0v) is 19.3. The molecule has 34 heavy (non-hydrogen) atoms.